The van der Waals surface area contributed by atoms with Gasteiger partial charge in [0.1, 0.15) is 21.8 Å². The number of nitrogens with one attached hydrogen (secondary N) is 1. The van der Waals surface area contributed by atoms with Gasteiger partial charge < -0.3 is 14.4 Å². The molecule has 0 radical (unpaired) electrons. The predicted molar refractivity (Wildman–Crippen MR) is 145 cm³/mol. The second kappa shape index (κ2) is 12.4. The fraction of sp³-hybridized carbons (Fsp3) is 0.462. The summed E-state index contributed by atoms with van der Waals surface area (Å²) in [6, 6.07) is 0. The zero-order valence-corrected chi connectivity index (χ0v) is 23.6. The van der Waals surface area contributed by atoms with Crippen LogP contribution in [0.1, 0.15) is 68.0 Å². The van der Waals surface area contributed by atoms with E-state index in [9.17, 15) is 14.4 Å². The molecule has 3 aromatic rings. The Morgan fingerprint density at radius 2 is 1.63 bits per heavy atom. The van der Waals surface area contributed by atoms with E-state index in [1.807, 2.05) is 0 Å². The fourth-order valence-corrected chi connectivity index (χ4v) is 6.45. The SMILES string of the molecule is CCOC(=O)/C(=C\N(C)C)C(=O)c1nc2c(s1)CCC2.CCOC(=O)c1cn[nH]c1-c1nc2c(s1)CCC2. The van der Waals surface area contributed by atoms with Crippen molar-refractivity contribution in [3.63, 3.8) is 0 Å². The van der Waals surface area contributed by atoms with E-state index in [0.29, 0.717) is 22.9 Å². The maximum absolute atomic E-state index is 12.5. The molecule has 0 fully saturated rings. The Morgan fingerprint density at radius 3 is 2.24 bits per heavy atom. The molecule has 0 unspecified atom stereocenters. The minimum Gasteiger partial charge on any atom is -0.462 e. The molecule has 0 aliphatic heterocycles. The molecule has 202 valence electrons. The van der Waals surface area contributed by atoms with Crippen LogP contribution in [0.4, 0.5) is 0 Å². The molecular weight excluding hydrogens is 526 g/mol. The Kier molecular flexibility index (Phi) is 9.05. The first-order valence-electron chi connectivity index (χ1n) is 12.6. The van der Waals surface area contributed by atoms with Crippen LogP contribution < -0.4 is 0 Å². The number of aromatic amines is 1. The Balaban J connectivity index is 0.000000178. The zero-order chi connectivity index (χ0) is 27.2. The highest BCUT2D eigenvalue weighted by Gasteiger charge is 2.27. The number of hydrogen-bond donors (Lipinski definition) is 1. The molecule has 0 amide bonds. The summed E-state index contributed by atoms with van der Waals surface area (Å²) < 4.78 is 9.95. The quantitative estimate of drug-likeness (QED) is 0.144. The number of ketones is 1. The average Bonchev–Trinajstić information content (AvgIpc) is 3.67. The largest absolute Gasteiger partial charge is 0.462 e. The molecule has 5 rings (SSSR count). The minimum atomic E-state index is -0.596. The number of H-pyrrole nitrogens is 1. The lowest BCUT2D eigenvalue weighted by Gasteiger charge is -2.09. The maximum Gasteiger partial charge on any atom is 0.343 e. The molecule has 12 heteroatoms. The van der Waals surface area contributed by atoms with Crippen molar-refractivity contribution in [3.8, 4) is 10.7 Å². The van der Waals surface area contributed by atoms with Crippen molar-refractivity contribution in [1.82, 2.24) is 25.1 Å². The van der Waals surface area contributed by atoms with Crippen LogP contribution in [-0.4, -0.2) is 70.1 Å². The van der Waals surface area contributed by atoms with Crippen molar-refractivity contribution in [1.29, 1.82) is 0 Å². The number of aromatic nitrogens is 4. The number of nitrogens with zero attached hydrogens (tertiary/aromatic N) is 4. The van der Waals surface area contributed by atoms with E-state index in [4.69, 9.17) is 9.47 Å². The number of hydrogen-bond acceptors (Lipinski definition) is 11. The molecule has 0 atom stereocenters. The first-order chi connectivity index (χ1) is 18.3. The number of aryl methyl sites for hydroxylation is 4. The second-order valence-corrected chi connectivity index (χ2v) is 11.1. The smallest absolute Gasteiger partial charge is 0.343 e. The maximum atomic E-state index is 12.5. The summed E-state index contributed by atoms with van der Waals surface area (Å²) in [5.41, 5.74) is 3.34. The van der Waals surface area contributed by atoms with Crippen molar-refractivity contribution in [2.24, 2.45) is 0 Å². The molecule has 1 N–H and O–H groups in total. The molecular formula is C26H31N5O5S2. The van der Waals surface area contributed by atoms with E-state index < -0.39 is 5.97 Å². The molecule has 0 aromatic carbocycles. The fourth-order valence-electron chi connectivity index (χ4n) is 4.18. The molecule has 2 aliphatic carbocycles. The molecule has 0 saturated heterocycles. The Morgan fingerprint density at radius 1 is 0.974 bits per heavy atom. The van der Waals surface area contributed by atoms with E-state index in [0.717, 1.165) is 42.8 Å². The van der Waals surface area contributed by atoms with Crippen LogP contribution in [0.2, 0.25) is 0 Å². The lowest BCUT2D eigenvalue weighted by Crippen LogP contribution is -2.19. The van der Waals surface area contributed by atoms with E-state index >= 15 is 0 Å². The zero-order valence-electron chi connectivity index (χ0n) is 22.0. The lowest BCUT2D eigenvalue weighted by molar-refractivity contribution is -0.138. The van der Waals surface area contributed by atoms with Gasteiger partial charge in [-0.2, -0.15) is 5.10 Å². The van der Waals surface area contributed by atoms with Gasteiger partial charge in [-0.15, -0.1) is 22.7 Å². The third-order valence-corrected chi connectivity index (χ3v) is 8.19. The summed E-state index contributed by atoms with van der Waals surface area (Å²) in [7, 11) is 3.52. The minimum absolute atomic E-state index is 0.0317. The number of esters is 2. The number of rotatable bonds is 8. The van der Waals surface area contributed by atoms with E-state index in [-0.39, 0.29) is 23.9 Å². The molecule has 0 saturated carbocycles. The summed E-state index contributed by atoms with van der Waals surface area (Å²) in [4.78, 5) is 49.2. The van der Waals surface area contributed by atoms with Crippen LogP contribution in [-0.2, 0) is 40.0 Å². The molecule has 0 spiro atoms. The van der Waals surface area contributed by atoms with Gasteiger partial charge >= 0.3 is 11.9 Å². The molecule has 10 nitrogen and oxygen atoms in total. The third kappa shape index (κ3) is 6.18. The summed E-state index contributed by atoms with van der Waals surface area (Å²) in [5.74, 6) is -1.30. The van der Waals surface area contributed by atoms with Crippen LogP contribution in [0.5, 0.6) is 0 Å². The number of carbonyl (C=O) groups is 3. The number of Topliss-reactive ketones (excluding diaryl/α,β-unsaturated/α-hetero) is 1. The van der Waals surface area contributed by atoms with Crippen LogP contribution in [0, 0.1) is 0 Å². The number of carbonyl (C=O) groups excluding carboxylic acids is 3. The predicted octanol–water partition coefficient (Wildman–Crippen LogP) is 4.02. The highest BCUT2D eigenvalue weighted by molar-refractivity contribution is 7.15. The van der Waals surface area contributed by atoms with Crippen molar-refractivity contribution in [2.75, 3.05) is 27.3 Å². The van der Waals surface area contributed by atoms with Gasteiger partial charge in [0.25, 0.3) is 0 Å². The molecule has 2 aliphatic rings. The van der Waals surface area contributed by atoms with Crippen molar-refractivity contribution >= 4 is 40.4 Å². The van der Waals surface area contributed by atoms with Crippen molar-refractivity contribution in [2.45, 2.75) is 52.4 Å². The van der Waals surface area contributed by atoms with Crippen LogP contribution >= 0.6 is 22.7 Å². The Labute approximate surface area is 229 Å². The average molecular weight is 558 g/mol. The van der Waals surface area contributed by atoms with Gasteiger partial charge in [-0.1, -0.05) is 0 Å². The molecule has 0 bridgehead atoms. The topological polar surface area (TPSA) is 127 Å². The standard InChI is InChI=1S/C14H18N2O3S.C12H13N3O2S/c1-4-19-14(18)9(8-16(2)3)12(17)13-15-10-6-5-7-11(10)20-13;1-2-17-12(16)7-6-13-15-10(7)11-14-8-4-3-5-9(8)18-11/h8H,4-7H2,1-3H3;6H,2-5H2,1H3,(H,13,15)/b9-8-;. The van der Waals surface area contributed by atoms with E-state index in [1.54, 1.807) is 44.2 Å². The highest BCUT2D eigenvalue weighted by atomic mass is 32.1. The van der Waals surface area contributed by atoms with Gasteiger partial charge in [0.05, 0.1) is 30.8 Å². The number of ether oxygens (including phenoxy) is 2. The molecule has 38 heavy (non-hydrogen) atoms. The van der Waals surface area contributed by atoms with Crippen LogP contribution in [0.15, 0.2) is 18.0 Å². The van der Waals surface area contributed by atoms with Gasteiger partial charge in [0.15, 0.2) is 5.01 Å². The monoisotopic (exact) mass is 557 g/mol. The highest BCUT2D eigenvalue weighted by Crippen LogP contribution is 2.34. The van der Waals surface area contributed by atoms with Gasteiger partial charge in [-0.3, -0.25) is 9.89 Å². The summed E-state index contributed by atoms with van der Waals surface area (Å²) in [6.45, 7) is 4.10. The van der Waals surface area contributed by atoms with Crippen molar-refractivity contribution in [3.05, 3.63) is 49.7 Å². The first kappa shape index (κ1) is 27.6. The van der Waals surface area contributed by atoms with E-state index in [1.165, 1.54) is 45.6 Å². The molecule has 3 aromatic heterocycles. The second-order valence-electron chi connectivity index (χ2n) is 8.92. The first-order valence-corrected chi connectivity index (χ1v) is 14.2. The van der Waals surface area contributed by atoms with Gasteiger partial charge in [0.2, 0.25) is 5.78 Å². The third-order valence-electron chi connectivity index (χ3n) is 5.86. The van der Waals surface area contributed by atoms with Gasteiger partial charge in [0, 0.05) is 30.0 Å². The van der Waals surface area contributed by atoms with E-state index in [2.05, 4.69) is 20.2 Å². The number of thiazole rings is 2. The Hall–Kier alpha value is -3.38. The van der Waals surface area contributed by atoms with Gasteiger partial charge in [-0.25, -0.2) is 19.6 Å². The summed E-state index contributed by atoms with van der Waals surface area (Å²) >= 11 is 3.03. The number of fused-ring (bicyclic) bond motifs is 2. The summed E-state index contributed by atoms with van der Waals surface area (Å²) in [5, 5.41) is 7.99. The normalized spacial score (nSPS) is 13.8. The van der Waals surface area contributed by atoms with Crippen LogP contribution in [0.3, 0.4) is 0 Å². The lowest BCUT2D eigenvalue weighted by atomic mass is 10.2. The van der Waals surface area contributed by atoms with Gasteiger partial charge in [-0.05, 0) is 52.4 Å². The molecule has 3 heterocycles. The van der Waals surface area contributed by atoms with Crippen LogP contribution in [0.25, 0.3) is 10.7 Å². The van der Waals surface area contributed by atoms with Crippen molar-refractivity contribution < 1.29 is 23.9 Å². The summed E-state index contributed by atoms with van der Waals surface area (Å²) in [6.07, 6.45) is 9.30. The Bertz CT molecular complexity index is 1310.